The molecule has 0 bridgehead atoms. The van der Waals surface area contributed by atoms with Gasteiger partial charge in [-0.2, -0.15) is 18.4 Å². The van der Waals surface area contributed by atoms with E-state index in [9.17, 15) is 37.7 Å². The summed E-state index contributed by atoms with van der Waals surface area (Å²) in [7, 11) is -2.91. The fourth-order valence-electron chi connectivity index (χ4n) is 6.89. The van der Waals surface area contributed by atoms with Crippen LogP contribution in [-0.2, 0) is 33.9 Å². The highest BCUT2D eigenvalue weighted by Crippen LogP contribution is 2.33. The molecule has 4 N–H and O–H groups in total. The van der Waals surface area contributed by atoms with Crippen molar-refractivity contribution in [3.8, 4) is 30.0 Å². The van der Waals surface area contributed by atoms with Crippen molar-refractivity contribution in [1.29, 1.82) is 5.26 Å². The molecule has 1 unspecified atom stereocenters. The topological polar surface area (TPSA) is 274 Å². The second kappa shape index (κ2) is 25.4. The number of hydrogen-bond acceptors (Lipinski definition) is 16. The van der Waals surface area contributed by atoms with Gasteiger partial charge in [0.15, 0.2) is 5.82 Å². The third-order valence-corrected chi connectivity index (χ3v) is 10.9. The average Bonchev–Trinajstić information content (AvgIpc) is 3.99. The Bertz CT molecular complexity index is 2430. The number of H-pyrrole nitrogens is 1. The zero-order chi connectivity index (χ0) is 46.6. The molecule has 4 heterocycles. The number of benzene rings is 1. The molecular weight excluding hydrogens is 867 g/mol. The second-order valence-electron chi connectivity index (χ2n) is 14.5. The largest absolute Gasteiger partial charge is 0.494 e. The minimum Gasteiger partial charge on any atom is -0.494 e. The molecule has 1 saturated heterocycles. The second-order valence-corrected chi connectivity index (χ2v) is 16.1. The number of piperidine rings is 1. The molecule has 0 spiro atoms. The summed E-state index contributed by atoms with van der Waals surface area (Å²) >= 11 is 0. The summed E-state index contributed by atoms with van der Waals surface area (Å²) in [5.74, 6) is -0.168. The quantitative estimate of drug-likeness (QED) is 0.0126. The summed E-state index contributed by atoms with van der Waals surface area (Å²) in [4.78, 5) is 54.8. The van der Waals surface area contributed by atoms with Gasteiger partial charge in [-0.3, -0.25) is 23.8 Å². The number of aliphatic hydroxyl groups excluding tert-OH is 1. The molecule has 0 radical (unpaired) electrons. The third-order valence-electron chi connectivity index (χ3n) is 10.2. The normalized spacial score (nSPS) is 13.4. The SMILES string of the molecule is C#CCOCCOCCOCCOCCC(O)N(CCCNC(=O)c1ncn(-c2ncc(OC)c3c(C(=O)C(=O)N4CCC(=C(C#N)c5ccccc5)CC4)c[nH]c23)n1)CCS(=O)(=O)O. The number of nitrogens with one attached hydrogen (secondary N) is 2. The maximum absolute atomic E-state index is 13.7. The molecule has 5 rings (SSSR count). The van der Waals surface area contributed by atoms with Gasteiger partial charge >= 0.3 is 0 Å². The molecule has 0 saturated carbocycles. The molecule has 4 aromatic rings. The Morgan fingerprint density at radius 1 is 1.00 bits per heavy atom. The van der Waals surface area contributed by atoms with E-state index in [1.54, 1.807) is 0 Å². The Morgan fingerprint density at radius 2 is 1.68 bits per heavy atom. The maximum atomic E-state index is 13.7. The van der Waals surface area contributed by atoms with Crippen molar-refractivity contribution >= 4 is 44.2 Å². The standard InChI is InChI=1S/C43H53N9O12S/c1-3-18-61-20-22-63-24-25-64-23-21-62-19-12-36(53)50(17-26-65(57,58)59)14-7-13-45-42(55)40-48-30-52(49-40)41-38-37(35(60-2)29-47-41)34(28-46-38)39(54)43(56)51-15-10-32(11-16-51)33(27-44)31-8-5-4-6-9-31/h1,4-6,8-9,28-30,36,46,53H,7,10-26H2,2H3,(H,45,55)(H,57,58,59). The van der Waals surface area contributed by atoms with Gasteiger partial charge in [-0.05, 0) is 30.4 Å². The van der Waals surface area contributed by atoms with Gasteiger partial charge in [0.1, 0.15) is 24.9 Å². The lowest BCUT2D eigenvalue weighted by Gasteiger charge is -2.28. The summed E-state index contributed by atoms with van der Waals surface area (Å²) in [6.07, 6.45) is 9.33. The smallest absolute Gasteiger partial charge is 0.295 e. The van der Waals surface area contributed by atoms with Gasteiger partial charge in [-0.1, -0.05) is 36.3 Å². The van der Waals surface area contributed by atoms with E-state index in [0.717, 1.165) is 11.1 Å². The number of amides is 2. The number of pyridine rings is 1. The van der Waals surface area contributed by atoms with Crippen LogP contribution in [0.2, 0.25) is 0 Å². The summed E-state index contributed by atoms with van der Waals surface area (Å²) in [6.45, 7) is 3.06. The number of fused-ring (bicyclic) bond motifs is 1. The molecule has 0 aliphatic carbocycles. The predicted octanol–water partition coefficient (Wildman–Crippen LogP) is 1.65. The Balaban J connectivity index is 1.12. The number of allylic oxidation sites excluding steroid dienone is 1. The maximum Gasteiger partial charge on any atom is 0.295 e. The van der Waals surface area contributed by atoms with Crippen LogP contribution in [0.3, 0.4) is 0 Å². The van der Waals surface area contributed by atoms with Crippen molar-refractivity contribution in [2.75, 3.05) is 98.4 Å². The van der Waals surface area contributed by atoms with Gasteiger partial charge in [-0.25, -0.2) is 9.97 Å². The number of aromatic amines is 1. The van der Waals surface area contributed by atoms with Crippen LogP contribution in [-0.4, -0.2) is 175 Å². The van der Waals surface area contributed by atoms with Crippen LogP contribution in [0.4, 0.5) is 0 Å². The van der Waals surface area contributed by atoms with Crippen molar-refractivity contribution in [3.05, 3.63) is 71.6 Å². The number of Topliss-reactive ketones (excluding diaryl/α,β-unsaturated/α-hetero) is 1. The van der Waals surface area contributed by atoms with Crippen LogP contribution in [0.25, 0.3) is 22.3 Å². The zero-order valence-corrected chi connectivity index (χ0v) is 36.8. The molecule has 2 amide bonds. The first-order chi connectivity index (χ1) is 31.4. The van der Waals surface area contributed by atoms with Crippen LogP contribution in [0.15, 0.2) is 54.6 Å². The van der Waals surface area contributed by atoms with Gasteiger partial charge < -0.3 is 44.0 Å². The number of carbonyl (C=O) groups excluding carboxylic acids is 3. The Labute approximate surface area is 376 Å². The number of nitriles is 1. The molecule has 3 aromatic heterocycles. The number of carbonyl (C=O) groups is 3. The molecule has 1 aliphatic heterocycles. The highest BCUT2D eigenvalue weighted by Gasteiger charge is 2.31. The van der Waals surface area contributed by atoms with Crippen molar-refractivity contribution in [2.24, 2.45) is 0 Å². The van der Waals surface area contributed by atoms with Crippen LogP contribution < -0.4 is 10.1 Å². The number of aliphatic hydroxyl groups is 1. The number of likely N-dealkylation sites (tertiary alicyclic amines) is 1. The van der Waals surface area contributed by atoms with Crippen LogP contribution in [0.1, 0.15) is 52.2 Å². The molecule has 348 valence electrons. The van der Waals surface area contributed by atoms with Crippen LogP contribution >= 0.6 is 0 Å². The van der Waals surface area contributed by atoms with Gasteiger partial charge in [0.2, 0.25) is 5.82 Å². The van der Waals surface area contributed by atoms with E-state index in [1.165, 1.54) is 40.3 Å². The molecular formula is C43H53N9O12S. The van der Waals surface area contributed by atoms with Crippen molar-refractivity contribution in [3.63, 3.8) is 0 Å². The van der Waals surface area contributed by atoms with Crippen molar-refractivity contribution in [1.82, 2.24) is 39.8 Å². The predicted molar refractivity (Wildman–Crippen MR) is 234 cm³/mol. The molecule has 1 aromatic carbocycles. The molecule has 1 aliphatic rings. The summed E-state index contributed by atoms with van der Waals surface area (Å²) in [5.41, 5.74) is 2.65. The van der Waals surface area contributed by atoms with Crippen LogP contribution in [0.5, 0.6) is 5.75 Å². The minimum absolute atomic E-state index is 0.0536. The third kappa shape index (κ3) is 14.7. The minimum atomic E-state index is -4.32. The molecule has 65 heavy (non-hydrogen) atoms. The Kier molecular flexibility index (Phi) is 19.5. The molecule has 1 atom stereocenters. The Hall–Kier alpha value is -6.08. The number of terminal acetylenes is 1. The number of aromatic nitrogens is 5. The monoisotopic (exact) mass is 919 g/mol. The first-order valence-corrected chi connectivity index (χ1v) is 22.4. The van der Waals surface area contributed by atoms with Crippen molar-refractivity contribution < 1.29 is 56.1 Å². The summed E-state index contributed by atoms with van der Waals surface area (Å²) in [5, 5.41) is 27.9. The van der Waals surface area contributed by atoms with Crippen molar-refractivity contribution in [2.45, 2.75) is 31.9 Å². The number of hydrogen-bond donors (Lipinski definition) is 4. The number of methoxy groups -OCH3 is 1. The summed E-state index contributed by atoms with van der Waals surface area (Å²) < 4.78 is 60.4. The number of ketones is 1. The van der Waals surface area contributed by atoms with Gasteiger partial charge in [0.25, 0.3) is 27.7 Å². The molecule has 21 nitrogen and oxygen atoms in total. The highest BCUT2D eigenvalue weighted by molar-refractivity contribution is 7.85. The molecule has 22 heteroatoms. The van der Waals surface area contributed by atoms with E-state index in [0.29, 0.717) is 57.0 Å². The van der Waals surface area contributed by atoms with E-state index in [4.69, 9.17) is 30.1 Å². The lowest BCUT2D eigenvalue weighted by atomic mass is 9.93. The average molecular weight is 920 g/mol. The Morgan fingerprint density at radius 3 is 2.32 bits per heavy atom. The number of ether oxygens (including phenoxy) is 5. The molecule has 1 fully saturated rings. The first-order valence-electron chi connectivity index (χ1n) is 20.8. The van der Waals surface area contributed by atoms with Crippen LogP contribution in [0, 0.1) is 23.7 Å². The number of nitrogens with zero attached hydrogens (tertiary/aromatic N) is 7. The van der Waals surface area contributed by atoms with Gasteiger partial charge in [0.05, 0.1) is 93.4 Å². The van der Waals surface area contributed by atoms with E-state index < -0.39 is 39.7 Å². The zero-order valence-electron chi connectivity index (χ0n) is 36.0. The fourth-order valence-corrected chi connectivity index (χ4v) is 7.36. The lowest BCUT2D eigenvalue weighted by molar-refractivity contribution is -0.126. The van der Waals surface area contributed by atoms with E-state index in [-0.39, 0.29) is 93.7 Å². The van der Waals surface area contributed by atoms with Gasteiger partial charge in [0, 0.05) is 45.3 Å². The lowest BCUT2D eigenvalue weighted by Crippen LogP contribution is -2.41. The first kappa shape index (κ1) is 49.9. The van der Waals surface area contributed by atoms with E-state index in [2.05, 4.69) is 37.4 Å². The van der Waals surface area contributed by atoms with Gasteiger partial charge in [-0.15, -0.1) is 11.5 Å². The van der Waals surface area contributed by atoms with E-state index >= 15 is 0 Å². The fraction of sp³-hybridized carbons (Fsp3) is 0.465. The highest BCUT2D eigenvalue weighted by atomic mass is 32.2. The summed E-state index contributed by atoms with van der Waals surface area (Å²) in [6, 6.07) is 11.6. The number of rotatable bonds is 27. The van der Waals surface area contributed by atoms with E-state index in [1.807, 2.05) is 30.3 Å².